The largest absolute Gasteiger partial charge is 0.506 e. The number of hydrogen-bond acceptors (Lipinski definition) is 5. The van der Waals surface area contributed by atoms with Gasteiger partial charge in [-0.25, -0.2) is 0 Å². The maximum atomic E-state index is 9.34. The molecule has 0 radical (unpaired) electrons. The summed E-state index contributed by atoms with van der Waals surface area (Å²) >= 11 is 5.82. The third-order valence-corrected chi connectivity index (χ3v) is 2.88. The minimum atomic E-state index is -0.185. The summed E-state index contributed by atoms with van der Waals surface area (Å²) in [5.41, 5.74) is 0.655. The summed E-state index contributed by atoms with van der Waals surface area (Å²) in [7, 11) is 1.60. The van der Waals surface area contributed by atoms with Crippen molar-refractivity contribution in [3.8, 4) is 17.2 Å². The fourth-order valence-electron chi connectivity index (χ4n) is 1.58. The smallest absolute Gasteiger partial charge is 0.258 e. The third-order valence-electron chi connectivity index (χ3n) is 2.58. The second-order valence-electron chi connectivity index (χ2n) is 3.76. The van der Waals surface area contributed by atoms with Gasteiger partial charge in [-0.1, -0.05) is 23.7 Å². The molecule has 0 fully saturated rings. The molecule has 0 bridgehead atoms. The molecule has 1 heterocycles. The second kappa shape index (κ2) is 5.37. The zero-order chi connectivity index (χ0) is 13.1. The van der Waals surface area contributed by atoms with Crippen LogP contribution in [-0.4, -0.2) is 22.4 Å². The topological polar surface area (TPSA) is 68.4 Å². The molecule has 0 saturated heterocycles. The Morgan fingerprint density at radius 3 is 2.89 bits per heavy atom. The summed E-state index contributed by atoms with van der Waals surface area (Å²) in [5, 5.41) is 13.5. The molecule has 1 atom stereocenters. The van der Waals surface area contributed by atoms with Crippen LogP contribution >= 0.6 is 11.6 Å². The number of benzene rings is 1. The molecule has 0 aliphatic heterocycles. The minimum Gasteiger partial charge on any atom is -0.506 e. The molecule has 1 aromatic carbocycles. The summed E-state index contributed by atoms with van der Waals surface area (Å²) in [6.45, 7) is 1.97. The molecule has 0 aliphatic carbocycles. The summed E-state index contributed by atoms with van der Waals surface area (Å²) in [6.07, 6.45) is 0.571. The van der Waals surface area contributed by atoms with Crippen LogP contribution in [0.5, 0.6) is 5.75 Å². The van der Waals surface area contributed by atoms with Gasteiger partial charge in [-0.2, -0.15) is 4.98 Å². The number of methoxy groups -OCH3 is 1. The molecule has 18 heavy (non-hydrogen) atoms. The van der Waals surface area contributed by atoms with Crippen molar-refractivity contribution in [2.24, 2.45) is 0 Å². The van der Waals surface area contributed by atoms with Crippen LogP contribution in [0.2, 0.25) is 5.02 Å². The van der Waals surface area contributed by atoms with Crippen LogP contribution in [0.1, 0.15) is 25.3 Å². The Balaban J connectivity index is 2.31. The first-order valence-corrected chi connectivity index (χ1v) is 5.88. The number of phenolic OH excluding ortho intramolecular Hbond substituents is 1. The summed E-state index contributed by atoms with van der Waals surface area (Å²) < 4.78 is 10.4. The van der Waals surface area contributed by atoms with Gasteiger partial charge >= 0.3 is 0 Å². The molecule has 5 nitrogen and oxygen atoms in total. The quantitative estimate of drug-likeness (QED) is 0.922. The Morgan fingerprint density at radius 2 is 2.28 bits per heavy atom. The number of hydrogen-bond donors (Lipinski definition) is 1. The lowest BCUT2D eigenvalue weighted by atomic mass is 10.2. The van der Waals surface area contributed by atoms with Crippen LogP contribution in [0.15, 0.2) is 22.7 Å². The third kappa shape index (κ3) is 2.47. The van der Waals surface area contributed by atoms with Gasteiger partial charge < -0.3 is 14.4 Å². The Labute approximate surface area is 109 Å². The second-order valence-corrected chi connectivity index (χ2v) is 4.16. The van der Waals surface area contributed by atoms with E-state index in [9.17, 15) is 5.11 Å². The molecule has 2 rings (SSSR count). The lowest BCUT2D eigenvalue weighted by Gasteiger charge is -2.06. The molecule has 96 valence electrons. The summed E-state index contributed by atoms with van der Waals surface area (Å²) in [4.78, 5) is 4.25. The Kier molecular flexibility index (Phi) is 3.84. The highest BCUT2D eigenvalue weighted by molar-refractivity contribution is 6.32. The fourth-order valence-corrected chi connectivity index (χ4v) is 1.76. The van der Waals surface area contributed by atoms with Gasteiger partial charge in [0.2, 0.25) is 5.82 Å². The predicted molar refractivity (Wildman–Crippen MR) is 66.4 cm³/mol. The molecule has 0 saturated carbocycles. The Bertz CT molecular complexity index is 538. The Hall–Kier alpha value is -1.59. The van der Waals surface area contributed by atoms with Crippen molar-refractivity contribution in [1.29, 1.82) is 0 Å². The normalized spacial score (nSPS) is 12.6. The van der Waals surface area contributed by atoms with Crippen LogP contribution in [-0.2, 0) is 4.74 Å². The van der Waals surface area contributed by atoms with Crippen molar-refractivity contribution in [2.45, 2.75) is 19.4 Å². The lowest BCUT2D eigenvalue weighted by Crippen LogP contribution is -2.01. The van der Waals surface area contributed by atoms with E-state index in [0.29, 0.717) is 17.3 Å². The molecule has 2 aromatic rings. The maximum absolute atomic E-state index is 9.34. The summed E-state index contributed by atoms with van der Waals surface area (Å²) in [5.74, 6) is 0.866. The van der Waals surface area contributed by atoms with E-state index in [4.69, 9.17) is 20.9 Å². The van der Waals surface area contributed by atoms with E-state index in [2.05, 4.69) is 10.1 Å². The van der Waals surface area contributed by atoms with Crippen molar-refractivity contribution in [3.63, 3.8) is 0 Å². The van der Waals surface area contributed by atoms with E-state index < -0.39 is 0 Å². The van der Waals surface area contributed by atoms with Gasteiger partial charge in [-0.15, -0.1) is 0 Å². The molecule has 0 spiro atoms. The van der Waals surface area contributed by atoms with Crippen molar-refractivity contribution in [3.05, 3.63) is 29.0 Å². The molecule has 1 aromatic heterocycles. The molecule has 0 amide bonds. The highest BCUT2D eigenvalue weighted by Crippen LogP contribution is 2.29. The first kappa shape index (κ1) is 12.9. The van der Waals surface area contributed by atoms with Crippen LogP contribution in [0, 0.1) is 0 Å². The van der Waals surface area contributed by atoms with Crippen molar-refractivity contribution in [2.75, 3.05) is 7.11 Å². The van der Waals surface area contributed by atoms with Gasteiger partial charge in [-0.05, 0) is 24.6 Å². The standard InChI is InChI=1S/C12H13ClN2O3/c1-3-10(17-2)11-14-12(18-15-11)7-4-5-9(16)8(13)6-7/h4-6,10,16H,3H2,1-2H3. The van der Waals surface area contributed by atoms with Gasteiger partial charge in [0.15, 0.2) is 0 Å². The first-order valence-electron chi connectivity index (χ1n) is 5.51. The van der Waals surface area contributed by atoms with E-state index in [1.807, 2.05) is 6.92 Å². The number of aromatic nitrogens is 2. The van der Waals surface area contributed by atoms with Crippen molar-refractivity contribution >= 4 is 11.6 Å². The number of aromatic hydroxyl groups is 1. The SMILES string of the molecule is CCC(OC)c1noc(-c2ccc(O)c(Cl)c2)n1. The van der Waals surface area contributed by atoms with E-state index >= 15 is 0 Å². The van der Waals surface area contributed by atoms with Crippen LogP contribution in [0.3, 0.4) is 0 Å². The number of ether oxygens (including phenoxy) is 1. The number of nitrogens with zero attached hydrogens (tertiary/aromatic N) is 2. The van der Waals surface area contributed by atoms with Gasteiger partial charge in [0.25, 0.3) is 5.89 Å². The van der Waals surface area contributed by atoms with Crippen molar-refractivity contribution < 1.29 is 14.4 Å². The molecule has 1 N–H and O–H groups in total. The van der Waals surface area contributed by atoms with E-state index in [1.54, 1.807) is 19.2 Å². The Morgan fingerprint density at radius 1 is 1.50 bits per heavy atom. The van der Waals surface area contributed by atoms with Crippen molar-refractivity contribution in [1.82, 2.24) is 10.1 Å². The van der Waals surface area contributed by atoms with Crippen LogP contribution in [0.4, 0.5) is 0 Å². The average molecular weight is 269 g/mol. The minimum absolute atomic E-state index is 0.0171. The zero-order valence-electron chi connectivity index (χ0n) is 10.1. The molecule has 0 aliphatic rings. The van der Waals surface area contributed by atoms with Crippen LogP contribution in [0.25, 0.3) is 11.5 Å². The highest BCUT2D eigenvalue weighted by Gasteiger charge is 2.17. The van der Waals surface area contributed by atoms with E-state index in [0.717, 1.165) is 6.42 Å². The monoisotopic (exact) mass is 268 g/mol. The average Bonchev–Trinajstić information content (AvgIpc) is 2.84. The molecule has 1 unspecified atom stereocenters. The lowest BCUT2D eigenvalue weighted by molar-refractivity contribution is 0.0903. The van der Waals surface area contributed by atoms with E-state index in [-0.39, 0.29) is 16.9 Å². The van der Waals surface area contributed by atoms with Gasteiger partial charge in [0.05, 0.1) is 5.02 Å². The van der Waals surface area contributed by atoms with E-state index in [1.165, 1.54) is 6.07 Å². The van der Waals surface area contributed by atoms with Gasteiger partial charge in [0.1, 0.15) is 11.9 Å². The van der Waals surface area contributed by atoms with Gasteiger partial charge in [0, 0.05) is 12.7 Å². The molecule has 6 heteroatoms. The number of halogens is 1. The van der Waals surface area contributed by atoms with Gasteiger partial charge in [-0.3, -0.25) is 0 Å². The molecular formula is C12H13ClN2O3. The number of rotatable bonds is 4. The van der Waals surface area contributed by atoms with Crippen LogP contribution < -0.4 is 0 Å². The summed E-state index contributed by atoms with van der Waals surface area (Å²) in [6, 6.07) is 4.71. The number of phenols is 1. The fraction of sp³-hybridized carbons (Fsp3) is 0.333. The predicted octanol–water partition coefficient (Wildman–Crippen LogP) is 3.19. The zero-order valence-corrected chi connectivity index (χ0v) is 10.8. The molecular weight excluding hydrogens is 256 g/mol. The maximum Gasteiger partial charge on any atom is 0.258 e. The first-order chi connectivity index (χ1) is 8.65. The highest BCUT2D eigenvalue weighted by atomic mass is 35.5.